The Hall–Kier alpha value is -1.63. The van der Waals surface area contributed by atoms with Crippen molar-refractivity contribution in [3.63, 3.8) is 0 Å². The van der Waals surface area contributed by atoms with Gasteiger partial charge in [0, 0.05) is 0 Å². The van der Waals surface area contributed by atoms with E-state index in [1.807, 2.05) is 0 Å². The molecule has 0 saturated carbocycles. The molecule has 1 rings (SSSR count). The van der Waals surface area contributed by atoms with Gasteiger partial charge in [-0.25, -0.2) is 4.63 Å². The van der Waals surface area contributed by atoms with E-state index in [4.69, 9.17) is 15.6 Å². The van der Waals surface area contributed by atoms with Crippen molar-refractivity contribution in [2.75, 3.05) is 13.2 Å². The second-order valence-electron chi connectivity index (χ2n) is 1.85. The maximum Gasteiger partial charge on any atom is 0.289 e. The highest BCUT2D eigenvalue weighted by Crippen LogP contribution is 2.10. The van der Waals surface area contributed by atoms with Crippen LogP contribution in [0.15, 0.2) is 4.63 Å². The lowest BCUT2D eigenvalue weighted by atomic mass is 10.4. The van der Waals surface area contributed by atoms with Gasteiger partial charge in [-0.3, -0.25) is 4.79 Å². The molecule has 0 fully saturated rings. The van der Waals surface area contributed by atoms with Crippen LogP contribution in [0.2, 0.25) is 0 Å². The first-order chi connectivity index (χ1) is 5.75. The molecule has 1 heterocycles. The largest absolute Gasteiger partial charge is 0.471 e. The summed E-state index contributed by atoms with van der Waals surface area (Å²) in [6.07, 6.45) is 0. The van der Waals surface area contributed by atoms with Crippen LogP contribution in [-0.4, -0.2) is 34.5 Å². The molecule has 0 aliphatic heterocycles. The molecule has 0 aliphatic rings. The minimum Gasteiger partial charge on any atom is -0.471 e. The third kappa shape index (κ3) is 1.70. The van der Waals surface area contributed by atoms with Gasteiger partial charge in [-0.2, -0.15) is 0 Å². The van der Waals surface area contributed by atoms with E-state index in [9.17, 15) is 4.79 Å². The molecule has 3 N–H and O–H groups in total. The fourth-order valence-electron chi connectivity index (χ4n) is 0.568. The van der Waals surface area contributed by atoms with E-state index in [2.05, 4.69) is 14.9 Å². The first-order valence-corrected chi connectivity index (χ1v) is 3.11. The highest BCUT2D eigenvalue weighted by molar-refractivity contribution is 5.92. The molecule has 0 spiro atoms. The Morgan fingerprint density at radius 1 is 1.67 bits per heavy atom. The van der Waals surface area contributed by atoms with E-state index in [0.29, 0.717) is 0 Å². The van der Waals surface area contributed by atoms with E-state index < -0.39 is 5.91 Å². The Morgan fingerprint density at radius 2 is 2.42 bits per heavy atom. The number of primary amides is 1. The molecular weight excluding hydrogens is 166 g/mol. The monoisotopic (exact) mass is 173 g/mol. The third-order valence-electron chi connectivity index (χ3n) is 1.02. The van der Waals surface area contributed by atoms with Gasteiger partial charge < -0.3 is 15.6 Å². The zero-order valence-corrected chi connectivity index (χ0v) is 6.06. The minimum absolute atomic E-state index is 0.00843. The van der Waals surface area contributed by atoms with Gasteiger partial charge in [0.2, 0.25) is 5.69 Å². The standard InChI is InChI=1S/C5H7N3O4/c6-4(10)3-5(8-12-7-3)11-2-1-9/h9H,1-2H2,(H2,6,10). The summed E-state index contributed by atoms with van der Waals surface area (Å²) in [4.78, 5) is 10.6. The second kappa shape index (κ2) is 3.67. The number of ether oxygens (including phenoxy) is 1. The molecule has 7 nitrogen and oxygen atoms in total. The number of amides is 1. The molecular formula is C5H7N3O4. The van der Waals surface area contributed by atoms with Crippen molar-refractivity contribution < 1.29 is 19.3 Å². The molecule has 12 heavy (non-hydrogen) atoms. The van der Waals surface area contributed by atoms with Gasteiger partial charge in [0.1, 0.15) is 6.61 Å². The van der Waals surface area contributed by atoms with Crippen LogP contribution in [0.25, 0.3) is 0 Å². The number of nitrogens with zero attached hydrogens (tertiary/aromatic N) is 2. The van der Waals surface area contributed by atoms with Gasteiger partial charge >= 0.3 is 0 Å². The molecule has 0 atom stereocenters. The Bertz CT molecular complexity index is 271. The fraction of sp³-hybridized carbons (Fsp3) is 0.400. The summed E-state index contributed by atoms with van der Waals surface area (Å²) in [5.74, 6) is -0.888. The van der Waals surface area contributed by atoms with Crippen LogP contribution in [0.1, 0.15) is 10.5 Å². The lowest BCUT2D eigenvalue weighted by Crippen LogP contribution is -2.14. The first-order valence-electron chi connectivity index (χ1n) is 3.11. The molecule has 0 unspecified atom stereocenters. The smallest absolute Gasteiger partial charge is 0.289 e. The van der Waals surface area contributed by atoms with Crippen molar-refractivity contribution >= 4 is 5.91 Å². The van der Waals surface area contributed by atoms with Gasteiger partial charge in [0.05, 0.1) is 6.61 Å². The molecule has 7 heteroatoms. The van der Waals surface area contributed by atoms with E-state index in [1.165, 1.54) is 0 Å². The van der Waals surface area contributed by atoms with Crippen molar-refractivity contribution in [1.82, 2.24) is 10.3 Å². The van der Waals surface area contributed by atoms with Gasteiger partial charge in [-0.1, -0.05) is 0 Å². The number of hydrogen-bond acceptors (Lipinski definition) is 6. The van der Waals surface area contributed by atoms with Crippen LogP contribution in [-0.2, 0) is 0 Å². The van der Waals surface area contributed by atoms with Crippen molar-refractivity contribution in [3.05, 3.63) is 5.69 Å². The number of rotatable bonds is 4. The molecule has 1 aromatic heterocycles. The average molecular weight is 173 g/mol. The van der Waals surface area contributed by atoms with Crippen LogP contribution >= 0.6 is 0 Å². The van der Waals surface area contributed by atoms with Crippen LogP contribution in [0, 0.1) is 0 Å². The normalized spacial score (nSPS) is 9.75. The molecule has 0 saturated heterocycles. The van der Waals surface area contributed by atoms with Crippen molar-refractivity contribution in [1.29, 1.82) is 0 Å². The third-order valence-corrected chi connectivity index (χ3v) is 1.02. The zero-order chi connectivity index (χ0) is 8.97. The molecule has 1 amide bonds. The van der Waals surface area contributed by atoms with Crippen LogP contribution in [0.5, 0.6) is 5.88 Å². The predicted octanol–water partition coefficient (Wildman–Crippen LogP) is -1.46. The summed E-state index contributed by atoms with van der Waals surface area (Å²) < 4.78 is 8.97. The van der Waals surface area contributed by atoms with Crippen LogP contribution in [0.3, 0.4) is 0 Å². The average Bonchev–Trinajstić information content (AvgIpc) is 2.48. The highest BCUT2D eigenvalue weighted by atomic mass is 16.6. The zero-order valence-electron chi connectivity index (χ0n) is 6.06. The Morgan fingerprint density at radius 3 is 3.00 bits per heavy atom. The fourth-order valence-corrected chi connectivity index (χ4v) is 0.568. The van der Waals surface area contributed by atoms with Gasteiger partial charge in [0.15, 0.2) is 0 Å². The number of aliphatic hydroxyl groups is 1. The summed E-state index contributed by atoms with van der Waals surface area (Å²) in [7, 11) is 0. The summed E-state index contributed by atoms with van der Waals surface area (Å²) in [6, 6.07) is 0. The van der Waals surface area contributed by atoms with E-state index in [-0.39, 0.29) is 24.8 Å². The summed E-state index contributed by atoms with van der Waals surface area (Å²) >= 11 is 0. The molecule has 0 aliphatic carbocycles. The Labute approximate surface area is 67.1 Å². The lowest BCUT2D eigenvalue weighted by Gasteiger charge is -1.97. The molecule has 0 aromatic carbocycles. The summed E-state index contributed by atoms with van der Waals surface area (Å²) in [5.41, 5.74) is 4.71. The first kappa shape index (κ1) is 8.47. The highest BCUT2D eigenvalue weighted by Gasteiger charge is 2.16. The lowest BCUT2D eigenvalue weighted by molar-refractivity contribution is 0.0986. The van der Waals surface area contributed by atoms with Crippen molar-refractivity contribution in [3.8, 4) is 5.88 Å². The maximum atomic E-state index is 10.6. The van der Waals surface area contributed by atoms with Crippen LogP contribution in [0.4, 0.5) is 0 Å². The van der Waals surface area contributed by atoms with E-state index >= 15 is 0 Å². The Kier molecular flexibility index (Phi) is 2.59. The molecule has 0 radical (unpaired) electrons. The number of carbonyl (C=O) groups excluding carboxylic acids is 1. The summed E-state index contributed by atoms with van der Waals surface area (Å²) in [6.45, 7) is -0.181. The number of carbonyl (C=O) groups is 1. The van der Waals surface area contributed by atoms with Gasteiger partial charge in [0.25, 0.3) is 11.8 Å². The number of aliphatic hydroxyl groups excluding tert-OH is 1. The van der Waals surface area contributed by atoms with Crippen molar-refractivity contribution in [2.45, 2.75) is 0 Å². The van der Waals surface area contributed by atoms with Gasteiger partial charge in [-0.05, 0) is 10.3 Å². The number of hydrogen-bond donors (Lipinski definition) is 2. The summed E-state index contributed by atoms with van der Waals surface area (Å²) in [5, 5.41) is 14.8. The number of aromatic nitrogens is 2. The van der Waals surface area contributed by atoms with Crippen LogP contribution < -0.4 is 10.5 Å². The molecule has 1 aromatic rings. The predicted molar refractivity (Wildman–Crippen MR) is 35.4 cm³/mol. The topological polar surface area (TPSA) is 111 Å². The van der Waals surface area contributed by atoms with Gasteiger partial charge in [-0.15, -0.1) is 0 Å². The Balaban J connectivity index is 2.70. The molecule has 66 valence electrons. The van der Waals surface area contributed by atoms with E-state index in [0.717, 1.165) is 0 Å². The minimum atomic E-state index is -0.788. The quantitative estimate of drug-likeness (QED) is 0.575. The van der Waals surface area contributed by atoms with Crippen molar-refractivity contribution in [2.24, 2.45) is 5.73 Å². The maximum absolute atomic E-state index is 10.6. The number of nitrogens with two attached hydrogens (primary N) is 1. The second-order valence-corrected chi connectivity index (χ2v) is 1.85. The molecule has 0 bridgehead atoms. The SMILES string of the molecule is NC(=O)c1nonc1OCCO. The van der Waals surface area contributed by atoms with E-state index in [1.54, 1.807) is 0 Å².